The number of phenolic OH excluding ortho intramolecular Hbond substituents is 1. The minimum atomic E-state index is -0.666. The molecular weight excluding hydrogens is 308 g/mol. The van der Waals surface area contributed by atoms with E-state index in [2.05, 4.69) is 0 Å². The number of carbonyl (C=O) groups excluding carboxylic acids is 3. The predicted molar refractivity (Wildman–Crippen MR) is 86.5 cm³/mol. The van der Waals surface area contributed by atoms with Crippen molar-refractivity contribution in [2.24, 2.45) is 0 Å². The zero-order chi connectivity index (χ0) is 17.4. The summed E-state index contributed by atoms with van der Waals surface area (Å²) in [5.41, 5.74) is 1.21. The second-order valence-electron chi connectivity index (χ2n) is 5.68. The van der Waals surface area contributed by atoms with Gasteiger partial charge in [-0.15, -0.1) is 0 Å². The Morgan fingerprint density at radius 1 is 0.958 bits per heavy atom. The second kappa shape index (κ2) is 5.77. The van der Waals surface area contributed by atoms with E-state index in [1.165, 1.54) is 24.3 Å². The fourth-order valence-corrected chi connectivity index (χ4v) is 2.61. The SMILES string of the molecule is CC(C)=CC(=O)Oc1ccc2c(c1O)C(=O)c1ccccc1C2=O. The van der Waals surface area contributed by atoms with Crippen molar-refractivity contribution in [1.29, 1.82) is 0 Å². The van der Waals surface area contributed by atoms with Crippen LogP contribution < -0.4 is 4.74 Å². The van der Waals surface area contributed by atoms with Gasteiger partial charge in [0.1, 0.15) is 0 Å². The first-order valence-electron chi connectivity index (χ1n) is 7.31. The lowest BCUT2D eigenvalue weighted by Gasteiger charge is -2.19. The molecule has 120 valence electrons. The Labute approximate surface area is 138 Å². The van der Waals surface area contributed by atoms with E-state index < -0.39 is 17.5 Å². The van der Waals surface area contributed by atoms with Gasteiger partial charge in [-0.3, -0.25) is 9.59 Å². The lowest BCUT2D eigenvalue weighted by molar-refractivity contribution is -0.129. The maximum atomic E-state index is 12.6. The Kier molecular flexibility index (Phi) is 3.77. The summed E-state index contributed by atoms with van der Waals surface area (Å²) in [4.78, 5) is 36.9. The molecule has 1 N–H and O–H groups in total. The molecule has 0 unspecified atom stereocenters. The van der Waals surface area contributed by atoms with Gasteiger partial charge in [-0.25, -0.2) is 4.79 Å². The van der Waals surface area contributed by atoms with E-state index in [4.69, 9.17) is 4.74 Å². The molecule has 0 heterocycles. The molecule has 0 bridgehead atoms. The van der Waals surface area contributed by atoms with Gasteiger partial charge in [-0.2, -0.15) is 0 Å². The monoisotopic (exact) mass is 322 g/mol. The average molecular weight is 322 g/mol. The second-order valence-corrected chi connectivity index (χ2v) is 5.68. The first kappa shape index (κ1) is 15.7. The first-order valence-corrected chi connectivity index (χ1v) is 7.31. The molecule has 1 aliphatic carbocycles. The summed E-state index contributed by atoms with van der Waals surface area (Å²) >= 11 is 0. The van der Waals surface area contributed by atoms with E-state index in [0.717, 1.165) is 5.57 Å². The van der Waals surface area contributed by atoms with Gasteiger partial charge in [0.2, 0.25) is 0 Å². The maximum absolute atomic E-state index is 12.6. The third-order valence-electron chi connectivity index (χ3n) is 3.65. The standard InChI is InChI=1S/C19H14O5/c1-10(2)9-15(20)24-14-8-7-13-16(19(14)23)18(22)12-6-4-3-5-11(12)17(13)21/h3-9,23H,1-2H3. The van der Waals surface area contributed by atoms with E-state index in [1.807, 2.05) is 0 Å². The summed E-state index contributed by atoms with van der Waals surface area (Å²) < 4.78 is 5.06. The summed E-state index contributed by atoms with van der Waals surface area (Å²) in [5.74, 6) is -2.15. The number of allylic oxidation sites excluding steroid dienone is 1. The van der Waals surface area contributed by atoms with Crippen LogP contribution >= 0.6 is 0 Å². The predicted octanol–water partition coefficient (Wildman–Crippen LogP) is 3.04. The minimum Gasteiger partial charge on any atom is -0.504 e. The van der Waals surface area contributed by atoms with Crippen molar-refractivity contribution in [2.75, 3.05) is 0 Å². The number of ketones is 2. The van der Waals surface area contributed by atoms with Gasteiger partial charge in [0.05, 0.1) is 5.56 Å². The smallest absolute Gasteiger partial charge is 0.336 e. The third-order valence-corrected chi connectivity index (χ3v) is 3.65. The highest BCUT2D eigenvalue weighted by molar-refractivity contribution is 6.29. The largest absolute Gasteiger partial charge is 0.504 e. The van der Waals surface area contributed by atoms with Crippen molar-refractivity contribution in [3.05, 3.63) is 70.3 Å². The van der Waals surface area contributed by atoms with Crippen LogP contribution in [-0.2, 0) is 4.79 Å². The molecule has 5 nitrogen and oxygen atoms in total. The fraction of sp³-hybridized carbons (Fsp3) is 0.105. The fourth-order valence-electron chi connectivity index (χ4n) is 2.61. The lowest BCUT2D eigenvalue weighted by Crippen LogP contribution is -2.21. The van der Waals surface area contributed by atoms with Crippen LogP contribution in [0.15, 0.2) is 48.0 Å². The van der Waals surface area contributed by atoms with Gasteiger partial charge < -0.3 is 9.84 Å². The zero-order valence-electron chi connectivity index (χ0n) is 13.1. The molecule has 0 amide bonds. The van der Waals surface area contributed by atoms with Crippen LogP contribution in [0.1, 0.15) is 45.7 Å². The van der Waals surface area contributed by atoms with Crippen LogP contribution in [0, 0.1) is 0 Å². The van der Waals surface area contributed by atoms with Gasteiger partial charge in [-0.1, -0.05) is 29.8 Å². The molecule has 0 aliphatic heterocycles. The molecule has 2 aromatic carbocycles. The van der Waals surface area contributed by atoms with Gasteiger partial charge in [-0.05, 0) is 26.0 Å². The molecule has 0 atom stereocenters. The molecule has 5 heteroatoms. The molecule has 0 saturated heterocycles. The number of carbonyl (C=O) groups is 3. The summed E-state index contributed by atoms with van der Waals surface area (Å²) in [5, 5.41) is 10.4. The molecular formula is C19H14O5. The Hall–Kier alpha value is -3.21. The highest BCUT2D eigenvalue weighted by Gasteiger charge is 2.33. The van der Waals surface area contributed by atoms with Crippen molar-refractivity contribution in [2.45, 2.75) is 13.8 Å². The molecule has 0 fully saturated rings. The summed E-state index contributed by atoms with van der Waals surface area (Å²) in [7, 11) is 0. The van der Waals surface area contributed by atoms with Gasteiger partial charge in [0, 0.05) is 22.8 Å². The quantitative estimate of drug-likeness (QED) is 0.445. The van der Waals surface area contributed by atoms with Crippen LogP contribution in [0.4, 0.5) is 0 Å². The molecule has 0 spiro atoms. The van der Waals surface area contributed by atoms with Crippen molar-refractivity contribution in [1.82, 2.24) is 0 Å². The Morgan fingerprint density at radius 2 is 1.58 bits per heavy atom. The van der Waals surface area contributed by atoms with Gasteiger partial charge in [0.15, 0.2) is 23.1 Å². The highest BCUT2D eigenvalue weighted by atomic mass is 16.5. The van der Waals surface area contributed by atoms with Crippen molar-refractivity contribution >= 4 is 17.5 Å². The Morgan fingerprint density at radius 3 is 2.21 bits per heavy atom. The van der Waals surface area contributed by atoms with E-state index in [0.29, 0.717) is 5.56 Å². The average Bonchev–Trinajstić information content (AvgIpc) is 2.53. The van der Waals surface area contributed by atoms with Crippen LogP contribution in [0.25, 0.3) is 0 Å². The number of hydrogen-bond acceptors (Lipinski definition) is 5. The number of fused-ring (bicyclic) bond motifs is 2. The van der Waals surface area contributed by atoms with Crippen molar-refractivity contribution < 1.29 is 24.2 Å². The van der Waals surface area contributed by atoms with E-state index >= 15 is 0 Å². The van der Waals surface area contributed by atoms with Crippen LogP contribution in [0.3, 0.4) is 0 Å². The number of esters is 1. The minimum absolute atomic E-state index is 0.0956. The van der Waals surface area contributed by atoms with Crippen LogP contribution in [0.2, 0.25) is 0 Å². The molecule has 1 aliphatic rings. The van der Waals surface area contributed by atoms with Crippen molar-refractivity contribution in [3.63, 3.8) is 0 Å². The van der Waals surface area contributed by atoms with Gasteiger partial charge in [0.25, 0.3) is 0 Å². The van der Waals surface area contributed by atoms with E-state index in [1.54, 1.807) is 32.0 Å². The van der Waals surface area contributed by atoms with E-state index in [9.17, 15) is 19.5 Å². The highest BCUT2D eigenvalue weighted by Crippen LogP contribution is 2.38. The molecule has 0 saturated carbocycles. The first-order chi connectivity index (χ1) is 11.4. The molecule has 3 rings (SSSR count). The van der Waals surface area contributed by atoms with Crippen LogP contribution in [-0.4, -0.2) is 22.6 Å². The molecule has 24 heavy (non-hydrogen) atoms. The number of aromatic hydroxyl groups is 1. The number of hydrogen-bond donors (Lipinski definition) is 1. The van der Waals surface area contributed by atoms with Crippen molar-refractivity contribution in [3.8, 4) is 11.5 Å². The number of ether oxygens (including phenoxy) is 1. The van der Waals surface area contributed by atoms with Crippen LogP contribution in [0.5, 0.6) is 11.5 Å². The maximum Gasteiger partial charge on any atom is 0.336 e. The number of benzene rings is 2. The third kappa shape index (κ3) is 2.50. The summed E-state index contributed by atoms with van der Waals surface area (Å²) in [6.45, 7) is 3.46. The Balaban J connectivity index is 2.09. The lowest BCUT2D eigenvalue weighted by atomic mass is 9.83. The number of phenols is 1. The van der Waals surface area contributed by atoms with E-state index in [-0.39, 0.29) is 28.2 Å². The zero-order valence-corrected chi connectivity index (χ0v) is 13.1. The summed E-state index contributed by atoms with van der Waals surface area (Å²) in [6, 6.07) is 9.10. The molecule has 2 aromatic rings. The molecule has 0 aromatic heterocycles. The van der Waals surface area contributed by atoms with Gasteiger partial charge >= 0.3 is 5.97 Å². The topological polar surface area (TPSA) is 80.7 Å². The number of rotatable bonds is 2. The summed E-state index contributed by atoms with van der Waals surface area (Å²) in [6.07, 6.45) is 1.27. The normalized spacial score (nSPS) is 12.2. The Bertz CT molecular complexity index is 917. The molecule has 0 radical (unpaired) electrons.